The molecule has 4 aromatic heterocycles. The number of hydrogen-bond acceptors (Lipinski definition) is 12. The van der Waals surface area contributed by atoms with Crippen molar-refractivity contribution >= 4 is 92.5 Å². The first-order chi connectivity index (χ1) is 37.9. The second-order valence-corrected chi connectivity index (χ2v) is 20.3. The van der Waals surface area contributed by atoms with E-state index in [0.717, 1.165) is 44.1 Å². The molecule has 7 aromatic rings. The highest BCUT2D eigenvalue weighted by Crippen LogP contribution is 2.41. The predicted molar refractivity (Wildman–Crippen MR) is 301 cm³/mol. The van der Waals surface area contributed by atoms with E-state index in [1.165, 1.54) is 12.2 Å². The summed E-state index contributed by atoms with van der Waals surface area (Å²) in [5, 5.41) is 6.56. The van der Waals surface area contributed by atoms with E-state index in [0.29, 0.717) is 127 Å². The van der Waals surface area contributed by atoms with Crippen LogP contribution in [0, 0.1) is 6.92 Å². The zero-order chi connectivity index (χ0) is 54.5. The average Bonchev–Trinajstić information content (AvgIpc) is 4.28. The number of carbonyl (C=O) groups excluding carboxylic acids is 5. The number of ether oxygens (including phenoxy) is 4. The number of pyridine rings is 1. The summed E-state index contributed by atoms with van der Waals surface area (Å²) >= 11 is 13.8. The van der Waals surface area contributed by atoms with Crippen molar-refractivity contribution in [3.63, 3.8) is 0 Å². The Morgan fingerprint density at radius 3 is 1.81 bits per heavy atom. The Hall–Kier alpha value is -7.78. The number of nitrogens with one attached hydrogen (secondary N) is 2. The Balaban J connectivity index is 0.000000189. The lowest BCUT2D eigenvalue weighted by Gasteiger charge is -2.28. The van der Waals surface area contributed by atoms with E-state index >= 15 is 0 Å². The van der Waals surface area contributed by atoms with Crippen LogP contribution in [0.25, 0.3) is 27.7 Å². The predicted octanol–water partition coefficient (Wildman–Crippen LogP) is 9.56. The summed E-state index contributed by atoms with van der Waals surface area (Å²) in [6, 6.07) is 17.3. The van der Waals surface area contributed by atoms with Crippen molar-refractivity contribution in [2.75, 3.05) is 76.3 Å². The van der Waals surface area contributed by atoms with Crippen LogP contribution in [0.4, 0.5) is 16.7 Å². The Kier molecular flexibility index (Phi) is 17.6. The van der Waals surface area contributed by atoms with Crippen LogP contribution in [-0.4, -0.2) is 145 Å². The SMILES string of the molecule is C.C=CC(=O)N1CCCCC(n2c(NC(=O)c3cccc(C)c3)nc3ccc(OC(=O)N4CCOCC4)c(Cl)c32)C1.C=CC(=O)N1CCCCC(n2c(NC(=O)c3ccn4ccnc4c3)nc3ccc(OC4COC4)c(Cl)c32)C1. The molecule has 8 heterocycles. The van der Waals surface area contributed by atoms with Gasteiger partial charge in [-0.3, -0.25) is 29.8 Å². The molecule has 0 aliphatic carbocycles. The van der Waals surface area contributed by atoms with E-state index in [4.69, 9.17) is 52.1 Å². The Bertz CT molecular complexity index is 3440. The van der Waals surface area contributed by atoms with E-state index < -0.39 is 6.09 Å². The van der Waals surface area contributed by atoms with Gasteiger partial charge in [0.15, 0.2) is 5.75 Å². The second kappa shape index (κ2) is 24.9. The molecule has 4 saturated heterocycles. The number of aromatic nitrogens is 6. The first-order valence-electron chi connectivity index (χ1n) is 26.0. The van der Waals surface area contributed by atoms with Crippen molar-refractivity contribution in [3.8, 4) is 11.5 Å². The van der Waals surface area contributed by atoms with Gasteiger partial charge in [0.1, 0.15) is 27.5 Å². The maximum atomic E-state index is 13.4. The Labute approximate surface area is 466 Å². The summed E-state index contributed by atoms with van der Waals surface area (Å²) in [6.07, 6.45) is 12.3. The Morgan fingerprint density at radius 2 is 1.25 bits per heavy atom. The largest absolute Gasteiger partial charge is 0.484 e. The van der Waals surface area contributed by atoms with Crippen LogP contribution in [-0.2, 0) is 19.1 Å². The summed E-state index contributed by atoms with van der Waals surface area (Å²) in [5.41, 5.74) is 4.89. The molecule has 22 heteroatoms. The lowest BCUT2D eigenvalue weighted by atomic mass is 10.1. The van der Waals surface area contributed by atoms with E-state index in [-0.39, 0.29) is 60.0 Å². The van der Waals surface area contributed by atoms with E-state index in [1.807, 2.05) is 44.9 Å². The van der Waals surface area contributed by atoms with Gasteiger partial charge in [-0.2, -0.15) is 0 Å². The van der Waals surface area contributed by atoms with Crippen LogP contribution >= 0.6 is 23.2 Å². The average molecular weight is 1120 g/mol. The monoisotopic (exact) mass is 1120 g/mol. The van der Waals surface area contributed by atoms with Gasteiger partial charge < -0.3 is 47.2 Å². The quantitative estimate of drug-likeness (QED) is 0.116. The third-order valence-electron chi connectivity index (χ3n) is 14.3. The number of nitrogens with zero attached hydrogens (tertiary/aromatic N) is 9. The van der Waals surface area contributed by atoms with Crippen molar-refractivity contribution in [3.05, 3.63) is 131 Å². The fourth-order valence-electron chi connectivity index (χ4n) is 10.2. The molecule has 2 N–H and O–H groups in total. The fraction of sp³-hybridized carbons (Fsp3) is 0.368. The molecule has 20 nitrogen and oxygen atoms in total. The van der Waals surface area contributed by atoms with Crippen molar-refractivity contribution < 1.29 is 42.9 Å². The summed E-state index contributed by atoms with van der Waals surface area (Å²) in [7, 11) is 0. The van der Waals surface area contributed by atoms with E-state index in [2.05, 4.69) is 28.8 Å². The Morgan fingerprint density at radius 1 is 0.684 bits per heavy atom. The molecular weight excluding hydrogens is 1050 g/mol. The molecule has 2 atom stereocenters. The van der Waals surface area contributed by atoms with Crippen LogP contribution in [0.15, 0.2) is 105 Å². The van der Waals surface area contributed by atoms with Gasteiger partial charge in [-0.05, 0) is 106 Å². The number of rotatable bonds is 11. The molecule has 0 spiro atoms. The van der Waals surface area contributed by atoms with Crippen LogP contribution in [0.5, 0.6) is 11.5 Å². The molecule has 5 amide bonds. The van der Waals surface area contributed by atoms with Gasteiger partial charge in [-0.25, -0.2) is 19.7 Å². The third-order valence-corrected chi connectivity index (χ3v) is 15.0. The van der Waals surface area contributed by atoms with Crippen molar-refractivity contribution in [1.82, 2.24) is 43.2 Å². The fourth-order valence-corrected chi connectivity index (χ4v) is 10.8. The molecule has 0 saturated carbocycles. The zero-order valence-electron chi connectivity index (χ0n) is 43.1. The highest BCUT2D eigenvalue weighted by Gasteiger charge is 2.32. The lowest BCUT2D eigenvalue weighted by Crippen LogP contribution is -2.42. The summed E-state index contributed by atoms with van der Waals surface area (Å²) in [6.45, 7) is 14.1. The molecule has 79 heavy (non-hydrogen) atoms. The minimum Gasteiger partial charge on any atom is -0.484 e. The molecule has 2 unspecified atom stereocenters. The van der Waals surface area contributed by atoms with Crippen LogP contribution in [0.2, 0.25) is 10.0 Å². The number of amides is 5. The van der Waals surface area contributed by atoms with Gasteiger partial charge in [-0.15, -0.1) is 0 Å². The highest BCUT2D eigenvalue weighted by molar-refractivity contribution is 6.37. The molecule has 4 aliphatic rings. The van der Waals surface area contributed by atoms with Crippen molar-refractivity contribution in [2.45, 2.75) is 71.1 Å². The molecule has 0 radical (unpaired) electrons. The number of morpholine rings is 1. The second-order valence-electron chi connectivity index (χ2n) is 19.5. The third kappa shape index (κ3) is 12.3. The number of fused-ring (bicyclic) bond motifs is 3. The van der Waals surface area contributed by atoms with Crippen LogP contribution < -0.4 is 20.1 Å². The topological polar surface area (TPSA) is 209 Å². The van der Waals surface area contributed by atoms with Gasteiger partial charge in [-0.1, -0.05) is 61.5 Å². The summed E-state index contributed by atoms with van der Waals surface area (Å²) in [4.78, 5) is 83.5. The number of hydrogen-bond donors (Lipinski definition) is 2. The van der Waals surface area contributed by atoms with Gasteiger partial charge in [0.05, 0.1) is 60.6 Å². The number of halogens is 2. The van der Waals surface area contributed by atoms with Crippen molar-refractivity contribution in [2.24, 2.45) is 0 Å². The maximum Gasteiger partial charge on any atom is 0.415 e. The van der Waals surface area contributed by atoms with Gasteiger partial charge in [0, 0.05) is 69.0 Å². The smallest absolute Gasteiger partial charge is 0.415 e. The highest BCUT2D eigenvalue weighted by atomic mass is 35.5. The standard InChI is InChI=1S/C29H32ClN5O5.C27H27ClN6O4.CH4/c1-3-24(36)34-12-5-4-9-21(18-34)35-26-22(31-28(35)32-27(37)20-8-6-7-19(2)17-20)10-11-23(25(26)30)40-29(38)33-13-15-39-16-14-33;1-2-23(35)33-10-4-3-5-18(14-33)34-25-20(6-7-21(24(25)28)38-19-15-37-16-19)30-27(34)31-26(36)17-8-11-32-12-9-29-22(32)13-17;/h3,6-8,10-11,17,21H,1,4-5,9,12-16,18H2,2H3,(H,31,32,37);2,6-9,11-13,18-19H,1,3-5,10,14-16H2,(H,30,31,36);1H4. The number of likely N-dealkylation sites (tertiary alicyclic amines) is 2. The van der Waals surface area contributed by atoms with E-state index in [1.54, 1.807) is 69.6 Å². The number of anilines is 2. The summed E-state index contributed by atoms with van der Waals surface area (Å²) < 4.78 is 28.0. The molecule has 3 aromatic carbocycles. The molecule has 414 valence electrons. The molecule has 4 aliphatic heterocycles. The number of imidazole rings is 3. The molecule has 0 bridgehead atoms. The van der Waals surface area contributed by atoms with E-state index in [9.17, 15) is 24.0 Å². The first kappa shape index (κ1) is 56.0. The van der Waals surface area contributed by atoms with Gasteiger partial charge in [0.2, 0.25) is 23.7 Å². The molecule has 11 rings (SSSR count). The number of carbonyl (C=O) groups is 5. The summed E-state index contributed by atoms with van der Waals surface area (Å²) in [5.74, 6) is 0.463. The van der Waals surface area contributed by atoms with Gasteiger partial charge >= 0.3 is 6.09 Å². The van der Waals surface area contributed by atoms with Crippen LogP contribution in [0.1, 0.15) is 84.3 Å². The lowest BCUT2D eigenvalue weighted by molar-refractivity contribution is -0.127. The normalized spacial score (nSPS) is 17.8. The minimum absolute atomic E-state index is 0. The zero-order valence-corrected chi connectivity index (χ0v) is 44.6. The van der Waals surface area contributed by atoms with Crippen LogP contribution in [0.3, 0.4) is 0 Å². The maximum absolute atomic E-state index is 13.4. The number of aryl methyl sites for hydroxylation is 1. The van der Waals surface area contributed by atoms with Gasteiger partial charge in [0.25, 0.3) is 11.8 Å². The minimum atomic E-state index is -0.513. The molecule has 4 fully saturated rings. The van der Waals surface area contributed by atoms with Crippen molar-refractivity contribution in [1.29, 1.82) is 0 Å². The first-order valence-corrected chi connectivity index (χ1v) is 26.8. The molecular formula is C57H63Cl2N11O9. The number of benzene rings is 3.